The highest BCUT2D eigenvalue weighted by Gasteiger charge is 2.34. The maximum atomic E-state index is 4.45. The average molecular weight is 313 g/mol. The normalized spacial score (nSPS) is 20.7. The lowest BCUT2D eigenvalue weighted by atomic mass is 10.1. The molecule has 2 aromatic rings. The van der Waals surface area contributed by atoms with E-state index in [2.05, 4.69) is 42.0 Å². The first-order valence-electron chi connectivity index (χ1n) is 8.25. The minimum Gasteiger partial charge on any atom is -0.354 e. The van der Waals surface area contributed by atoms with Gasteiger partial charge in [-0.25, -0.2) is 4.98 Å². The van der Waals surface area contributed by atoms with Gasteiger partial charge >= 0.3 is 0 Å². The van der Waals surface area contributed by atoms with E-state index in [0.29, 0.717) is 6.04 Å². The van der Waals surface area contributed by atoms with Crippen LogP contribution in [0.4, 0.5) is 5.82 Å². The number of rotatable bonds is 4. The Bertz CT molecular complexity index is 627. The highest BCUT2D eigenvalue weighted by molar-refractivity contribution is 5.38. The highest BCUT2D eigenvalue weighted by Crippen LogP contribution is 2.20. The summed E-state index contributed by atoms with van der Waals surface area (Å²) in [5, 5.41) is 8.11. The lowest BCUT2D eigenvalue weighted by Crippen LogP contribution is -2.62. The fourth-order valence-electron chi connectivity index (χ4n) is 3.41. The van der Waals surface area contributed by atoms with Gasteiger partial charge < -0.3 is 9.47 Å². The van der Waals surface area contributed by atoms with Crippen molar-refractivity contribution in [1.82, 2.24) is 29.5 Å². The molecule has 2 saturated heterocycles. The molecule has 4 heterocycles. The standard InChI is InChI=1S/C16H23N7/c1-20-13-18-19-16(20)12-21-10-14(11-21)22-6-8-23(9-7-22)15-4-2-3-5-17-15/h2-5,13-14H,6-12H2,1H3. The van der Waals surface area contributed by atoms with Crippen LogP contribution in [-0.2, 0) is 13.6 Å². The summed E-state index contributed by atoms with van der Waals surface area (Å²) in [4.78, 5) is 11.9. The van der Waals surface area contributed by atoms with Gasteiger partial charge in [-0.05, 0) is 12.1 Å². The molecule has 0 unspecified atom stereocenters. The van der Waals surface area contributed by atoms with Gasteiger partial charge in [-0.2, -0.15) is 0 Å². The van der Waals surface area contributed by atoms with E-state index < -0.39 is 0 Å². The third-order valence-electron chi connectivity index (χ3n) is 4.91. The Morgan fingerprint density at radius 1 is 1.13 bits per heavy atom. The number of pyridine rings is 1. The van der Waals surface area contributed by atoms with Crippen LogP contribution in [0.25, 0.3) is 0 Å². The molecular weight excluding hydrogens is 290 g/mol. The molecule has 23 heavy (non-hydrogen) atoms. The summed E-state index contributed by atoms with van der Waals surface area (Å²) in [5.41, 5.74) is 0. The molecule has 0 atom stereocenters. The lowest BCUT2D eigenvalue weighted by molar-refractivity contribution is 0.0234. The fraction of sp³-hybridized carbons (Fsp3) is 0.562. The first kappa shape index (κ1) is 14.6. The molecule has 2 fully saturated rings. The van der Waals surface area contributed by atoms with E-state index >= 15 is 0 Å². The average Bonchev–Trinajstić information content (AvgIpc) is 2.97. The minimum atomic E-state index is 0.689. The van der Waals surface area contributed by atoms with E-state index in [1.54, 1.807) is 6.33 Å². The van der Waals surface area contributed by atoms with Crippen LogP contribution in [0, 0.1) is 0 Å². The molecule has 2 aliphatic rings. The third kappa shape index (κ3) is 3.07. The molecule has 7 heteroatoms. The van der Waals surface area contributed by atoms with Crippen molar-refractivity contribution >= 4 is 5.82 Å². The number of piperazine rings is 1. The Kier molecular flexibility index (Phi) is 3.97. The fourth-order valence-corrected chi connectivity index (χ4v) is 3.41. The molecule has 0 radical (unpaired) electrons. The van der Waals surface area contributed by atoms with Crippen molar-refractivity contribution in [1.29, 1.82) is 0 Å². The highest BCUT2D eigenvalue weighted by atomic mass is 15.4. The van der Waals surface area contributed by atoms with Crippen LogP contribution >= 0.6 is 0 Å². The van der Waals surface area contributed by atoms with Crippen LogP contribution in [0.3, 0.4) is 0 Å². The van der Waals surface area contributed by atoms with Crippen molar-refractivity contribution in [3.8, 4) is 0 Å². The number of nitrogens with zero attached hydrogens (tertiary/aromatic N) is 7. The van der Waals surface area contributed by atoms with Crippen LogP contribution in [0.1, 0.15) is 5.82 Å². The van der Waals surface area contributed by atoms with E-state index in [-0.39, 0.29) is 0 Å². The van der Waals surface area contributed by atoms with Crippen LogP contribution in [0.15, 0.2) is 30.7 Å². The number of likely N-dealkylation sites (tertiary alicyclic amines) is 1. The van der Waals surface area contributed by atoms with E-state index in [4.69, 9.17) is 0 Å². The lowest BCUT2D eigenvalue weighted by Gasteiger charge is -2.48. The predicted molar refractivity (Wildman–Crippen MR) is 88.1 cm³/mol. The van der Waals surface area contributed by atoms with Gasteiger partial charge in [0.15, 0.2) is 0 Å². The zero-order valence-electron chi connectivity index (χ0n) is 13.5. The van der Waals surface area contributed by atoms with Gasteiger partial charge in [0, 0.05) is 58.6 Å². The maximum Gasteiger partial charge on any atom is 0.146 e. The monoisotopic (exact) mass is 313 g/mol. The second-order valence-electron chi connectivity index (χ2n) is 6.42. The van der Waals surface area contributed by atoms with Gasteiger partial charge in [0.25, 0.3) is 0 Å². The van der Waals surface area contributed by atoms with Gasteiger partial charge in [-0.15, -0.1) is 10.2 Å². The smallest absolute Gasteiger partial charge is 0.146 e. The first-order valence-corrected chi connectivity index (χ1v) is 8.25. The second-order valence-corrected chi connectivity index (χ2v) is 6.42. The summed E-state index contributed by atoms with van der Waals surface area (Å²) in [5.74, 6) is 2.15. The molecule has 0 amide bonds. The van der Waals surface area contributed by atoms with Crippen molar-refractivity contribution < 1.29 is 0 Å². The summed E-state index contributed by atoms with van der Waals surface area (Å²) in [6.07, 6.45) is 3.64. The maximum absolute atomic E-state index is 4.45. The molecule has 122 valence electrons. The summed E-state index contributed by atoms with van der Waals surface area (Å²) < 4.78 is 2.00. The van der Waals surface area contributed by atoms with Gasteiger partial charge in [0.05, 0.1) is 6.54 Å². The van der Waals surface area contributed by atoms with Crippen LogP contribution in [0.5, 0.6) is 0 Å². The SMILES string of the molecule is Cn1cnnc1CN1CC(N2CCN(c3ccccn3)CC2)C1. The van der Waals surface area contributed by atoms with E-state index in [1.165, 1.54) is 0 Å². The Morgan fingerprint density at radius 3 is 2.61 bits per heavy atom. The Hall–Kier alpha value is -1.99. The summed E-state index contributed by atoms with van der Waals surface area (Å²) >= 11 is 0. The summed E-state index contributed by atoms with van der Waals surface area (Å²) in [6.45, 7) is 7.56. The van der Waals surface area contributed by atoms with Crippen molar-refractivity contribution in [2.75, 3.05) is 44.2 Å². The van der Waals surface area contributed by atoms with Gasteiger partial charge in [-0.3, -0.25) is 9.80 Å². The summed E-state index contributed by atoms with van der Waals surface area (Å²) in [6, 6.07) is 6.82. The van der Waals surface area contributed by atoms with Gasteiger partial charge in [-0.1, -0.05) is 6.07 Å². The van der Waals surface area contributed by atoms with Crippen LogP contribution in [0.2, 0.25) is 0 Å². The molecule has 2 aromatic heterocycles. The number of anilines is 1. The van der Waals surface area contributed by atoms with Crippen molar-refractivity contribution in [2.24, 2.45) is 7.05 Å². The second kappa shape index (κ2) is 6.25. The number of hydrogen-bond donors (Lipinski definition) is 0. The topological polar surface area (TPSA) is 53.3 Å². The van der Waals surface area contributed by atoms with Gasteiger partial charge in [0.1, 0.15) is 18.0 Å². The van der Waals surface area contributed by atoms with Gasteiger partial charge in [0.2, 0.25) is 0 Å². The zero-order valence-corrected chi connectivity index (χ0v) is 13.5. The molecular formula is C16H23N7. The zero-order chi connectivity index (χ0) is 15.6. The van der Waals surface area contributed by atoms with Crippen LogP contribution in [-0.4, -0.2) is 74.9 Å². The van der Waals surface area contributed by atoms with Crippen molar-refractivity contribution in [2.45, 2.75) is 12.6 Å². The number of aromatic nitrogens is 4. The van der Waals surface area contributed by atoms with Crippen molar-refractivity contribution in [3.05, 3.63) is 36.5 Å². The van der Waals surface area contributed by atoms with Crippen LogP contribution < -0.4 is 4.90 Å². The largest absolute Gasteiger partial charge is 0.354 e. The Labute approximate surface area is 136 Å². The van der Waals surface area contributed by atoms with E-state index in [0.717, 1.165) is 57.5 Å². The molecule has 0 bridgehead atoms. The predicted octanol–water partition coefficient (Wildman–Crippen LogP) is 0.217. The number of hydrogen-bond acceptors (Lipinski definition) is 6. The quantitative estimate of drug-likeness (QED) is 0.805. The Morgan fingerprint density at radius 2 is 1.96 bits per heavy atom. The number of aryl methyl sites for hydroxylation is 1. The Balaban J connectivity index is 1.24. The molecule has 0 saturated carbocycles. The van der Waals surface area contributed by atoms with Crippen molar-refractivity contribution in [3.63, 3.8) is 0 Å². The molecule has 4 rings (SSSR count). The molecule has 2 aliphatic heterocycles. The minimum absolute atomic E-state index is 0.689. The summed E-state index contributed by atoms with van der Waals surface area (Å²) in [7, 11) is 2.00. The molecule has 0 aliphatic carbocycles. The van der Waals surface area contributed by atoms with E-state index in [1.807, 2.05) is 23.9 Å². The molecule has 0 aromatic carbocycles. The molecule has 0 spiro atoms. The third-order valence-corrected chi connectivity index (χ3v) is 4.91. The van der Waals surface area contributed by atoms with E-state index in [9.17, 15) is 0 Å². The molecule has 0 N–H and O–H groups in total. The molecule has 7 nitrogen and oxygen atoms in total. The first-order chi connectivity index (χ1) is 11.3.